The topological polar surface area (TPSA) is 0 Å². The van der Waals surface area contributed by atoms with E-state index in [9.17, 15) is 0 Å². The van der Waals surface area contributed by atoms with E-state index in [1.165, 1.54) is 6.42 Å². The molecule has 0 aromatic rings. The molecule has 2 unspecified atom stereocenters. The van der Waals surface area contributed by atoms with Gasteiger partial charge in [-0.25, -0.2) is 0 Å². The molecule has 11 heavy (non-hydrogen) atoms. The van der Waals surface area contributed by atoms with E-state index in [1.54, 1.807) is 0 Å². The lowest BCUT2D eigenvalue weighted by molar-refractivity contribution is 0.727. The van der Waals surface area contributed by atoms with Crippen molar-refractivity contribution in [1.82, 2.24) is 0 Å². The van der Waals surface area contributed by atoms with Gasteiger partial charge in [0, 0.05) is 5.41 Å². The van der Waals surface area contributed by atoms with Crippen molar-refractivity contribution in [2.75, 3.05) is 0 Å². The Bertz CT molecular complexity index is 176. The van der Waals surface area contributed by atoms with Gasteiger partial charge >= 0.3 is 0 Å². The summed E-state index contributed by atoms with van der Waals surface area (Å²) in [5.41, 5.74) is 0.365. The first-order valence-corrected chi connectivity index (χ1v) is 4.43. The molecule has 0 aliphatic heterocycles. The van der Waals surface area contributed by atoms with Crippen LogP contribution in [0.3, 0.4) is 0 Å². The maximum atomic E-state index is 3.87. The van der Waals surface area contributed by atoms with E-state index in [0.717, 1.165) is 5.92 Å². The van der Waals surface area contributed by atoms with Crippen LogP contribution in [-0.4, -0.2) is 0 Å². The molecule has 0 spiro atoms. The van der Waals surface area contributed by atoms with E-state index >= 15 is 0 Å². The van der Waals surface area contributed by atoms with E-state index in [2.05, 4.69) is 45.6 Å². The second-order valence-corrected chi connectivity index (χ2v) is 4.02. The highest BCUT2D eigenvalue weighted by atomic mass is 14.5. The molecule has 0 amide bonds. The molecule has 1 aliphatic rings. The van der Waals surface area contributed by atoms with Gasteiger partial charge in [-0.15, -0.1) is 6.58 Å². The Labute approximate surface area is 70.0 Å². The number of hydrogen-bond acceptors (Lipinski definition) is 0. The van der Waals surface area contributed by atoms with Crippen molar-refractivity contribution in [1.29, 1.82) is 0 Å². The molecule has 1 saturated carbocycles. The summed E-state index contributed by atoms with van der Waals surface area (Å²) in [6.07, 6.45) is 8.00. The molecule has 0 heteroatoms. The molecule has 1 rings (SSSR count). The van der Waals surface area contributed by atoms with Crippen LogP contribution in [0.4, 0.5) is 0 Å². The summed E-state index contributed by atoms with van der Waals surface area (Å²) in [7, 11) is 0. The van der Waals surface area contributed by atoms with Crippen LogP contribution in [0.5, 0.6) is 0 Å². The van der Waals surface area contributed by atoms with Gasteiger partial charge in [-0.3, -0.25) is 0 Å². The van der Waals surface area contributed by atoms with Crippen molar-refractivity contribution in [2.45, 2.75) is 27.2 Å². The van der Waals surface area contributed by atoms with E-state index in [4.69, 9.17) is 0 Å². The second kappa shape index (κ2) is 2.84. The zero-order valence-corrected chi connectivity index (χ0v) is 7.80. The van der Waals surface area contributed by atoms with Crippen molar-refractivity contribution in [2.24, 2.45) is 17.3 Å². The first-order valence-electron chi connectivity index (χ1n) is 4.43. The Hall–Kier alpha value is -0.520. The molecular weight excluding hydrogens is 132 g/mol. The number of rotatable bonds is 3. The molecule has 0 aromatic carbocycles. The van der Waals surface area contributed by atoms with Crippen molar-refractivity contribution in [3.05, 3.63) is 24.8 Å². The normalized spacial score (nSPS) is 36.5. The van der Waals surface area contributed by atoms with Gasteiger partial charge in [-0.2, -0.15) is 0 Å². The third-order valence-corrected chi connectivity index (χ3v) is 2.59. The summed E-state index contributed by atoms with van der Waals surface area (Å²) in [6, 6.07) is 0. The van der Waals surface area contributed by atoms with Crippen LogP contribution in [0.1, 0.15) is 27.2 Å². The summed E-state index contributed by atoms with van der Waals surface area (Å²) in [5.74, 6) is 1.48. The minimum absolute atomic E-state index is 0.365. The van der Waals surface area contributed by atoms with E-state index in [0.29, 0.717) is 11.3 Å². The lowest BCUT2D eigenvalue weighted by atomic mass is 10.0. The van der Waals surface area contributed by atoms with E-state index in [1.807, 2.05) is 0 Å². The van der Waals surface area contributed by atoms with Gasteiger partial charge < -0.3 is 0 Å². The fraction of sp³-hybridized carbons (Fsp3) is 0.636. The van der Waals surface area contributed by atoms with Crippen LogP contribution in [0.15, 0.2) is 24.8 Å². The highest BCUT2D eigenvalue weighted by molar-refractivity contribution is 5.22. The monoisotopic (exact) mass is 150 g/mol. The molecule has 0 saturated heterocycles. The van der Waals surface area contributed by atoms with Crippen molar-refractivity contribution in [3.8, 4) is 0 Å². The molecule has 1 fully saturated rings. The summed E-state index contributed by atoms with van der Waals surface area (Å²) in [4.78, 5) is 0. The molecule has 0 aromatic heterocycles. The Morgan fingerprint density at radius 2 is 2.09 bits per heavy atom. The van der Waals surface area contributed by atoms with E-state index < -0.39 is 0 Å². The molecule has 0 radical (unpaired) electrons. The lowest BCUT2D eigenvalue weighted by Gasteiger charge is -2.03. The predicted molar refractivity (Wildman–Crippen MR) is 50.4 cm³/mol. The van der Waals surface area contributed by atoms with Gasteiger partial charge in [0.15, 0.2) is 0 Å². The second-order valence-electron chi connectivity index (χ2n) is 4.02. The summed E-state index contributed by atoms with van der Waals surface area (Å²) in [6.45, 7) is 10.6. The van der Waals surface area contributed by atoms with Crippen LogP contribution in [0.2, 0.25) is 0 Å². The maximum Gasteiger partial charge on any atom is 0.00874 e. The van der Waals surface area contributed by atoms with Gasteiger partial charge in [-0.1, -0.05) is 39.0 Å². The summed E-state index contributed by atoms with van der Waals surface area (Å²) in [5, 5.41) is 0. The molecule has 62 valence electrons. The Morgan fingerprint density at radius 3 is 2.36 bits per heavy atom. The maximum absolute atomic E-state index is 3.87. The van der Waals surface area contributed by atoms with Crippen molar-refractivity contribution >= 4 is 0 Å². The Kier molecular flexibility index (Phi) is 2.22. The largest absolute Gasteiger partial charge is 0.102 e. The SMILES string of the molecule is C=CC1(C=CC(C)C)CC1C. The third kappa shape index (κ3) is 1.74. The van der Waals surface area contributed by atoms with Crippen molar-refractivity contribution in [3.63, 3.8) is 0 Å². The molecule has 0 N–H and O–H groups in total. The fourth-order valence-electron chi connectivity index (χ4n) is 1.43. The average molecular weight is 150 g/mol. The average Bonchev–Trinajstić information content (AvgIpc) is 2.59. The van der Waals surface area contributed by atoms with Gasteiger partial charge in [0.2, 0.25) is 0 Å². The molecule has 1 aliphatic carbocycles. The van der Waals surface area contributed by atoms with Crippen LogP contribution in [0, 0.1) is 17.3 Å². The quantitative estimate of drug-likeness (QED) is 0.541. The smallest absolute Gasteiger partial charge is 0.00874 e. The number of allylic oxidation sites excluding steroid dienone is 3. The van der Waals surface area contributed by atoms with Crippen LogP contribution in [0.25, 0.3) is 0 Å². The number of hydrogen-bond donors (Lipinski definition) is 0. The summed E-state index contributed by atoms with van der Waals surface area (Å²) < 4.78 is 0. The molecule has 0 nitrogen and oxygen atoms in total. The van der Waals surface area contributed by atoms with Gasteiger partial charge in [0.25, 0.3) is 0 Å². The standard InChI is InChI=1S/C11H18/c1-5-11(8-10(11)4)7-6-9(2)3/h5-7,9-10H,1,8H2,2-4H3. The highest BCUT2D eigenvalue weighted by Crippen LogP contribution is 2.54. The van der Waals surface area contributed by atoms with Crippen LogP contribution in [-0.2, 0) is 0 Å². The Balaban J connectivity index is 2.54. The molecule has 0 bridgehead atoms. The minimum atomic E-state index is 0.365. The predicted octanol–water partition coefficient (Wildman–Crippen LogP) is 3.41. The van der Waals surface area contributed by atoms with Crippen LogP contribution >= 0.6 is 0 Å². The van der Waals surface area contributed by atoms with Crippen molar-refractivity contribution < 1.29 is 0 Å². The van der Waals surface area contributed by atoms with E-state index in [-0.39, 0.29) is 0 Å². The summed E-state index contributed by atoms with van der Waals surface area (Å²) >= 11 is 0. The van der Waals surface area contributed by atoms with Crippen LogP contribution < -0.4 is 0 Å². The van der Waals surface area contributed by atoms with Gasteiger partial charge in [0.05, 0.1) is 0 Å². The zero-order chi connectivity index (χ0) is 8.48. The van der Waals surface area contributed by atoms with Gasteiger partial charge in [-0.05, 0) is 18.3 Å². The third-order valence-electron chi connectivity index (χ3n) is 2.59. The molecular formula is C11H18. The molecule has 0 heterocycles. The first kappa shape index (κ1) is 8.58. The first-order chi connectivity index (χ1) is 5.10. The minimum Gasteiger partial charge on any atom is -0.102 e. The zero-order valence-electron chi connectivity index (χ0n) is 7.80. The molecule has 2 atom stereocenters. The fourth-order valence-corrected chi connectivity index (χ4v) is 1.43. The Morgan fingerprint density at radius 1 is 1.55 bits per heavy atom. The lowest BCUT2D eigenvalue weighted by Crippen LogP contribution is -1.93. The van der Waals surface area contributed by atoms with Gasteiger partial charge in [0.1, 0.15) is 0 Å². The highest BCUT2D eigenvalue weighted by Gasteiger charge is 2.45.